The highest BCUT2D eigenvalue weighted by Gasteiger charge is 2.30. The van der Waals surface area contributed by atoms with Crippen LogP contribution >= 0.6 is 0 Å². The lowest BCUT2D eigenvalue weighted by molar-refractivity contribution is 0.0290. The van der Waals surface area contributed by atoms with Crippen molar-refractivity contribution in [3.63, 3.8) is 0 Å². The van der Waals surface area contributed by atoms with Gasteiger partial charge in [0.15, 0.2) is 0 Å². The molecule has 0 aliphatic carbocycles. The molecule has 1 saturated heterocycles. The Morgan fingerprint density at radius 3 is 2.81 bits per heavy atom. The van der Waals surface area contributed by atoms with Gasteiger partial charge in [-0.15, -0.1) is 0 Å². The molecule has 1 fully saturated rings. The van der Waals surface area contributed by atoms with E-state index in [0.29, 0.717) is 24.6 Å². The maximum atomic E-state index is 12.7. The van der Waals surface area contributed by atoms with Crippen molar-refractivity contribution in [2.24, 2.45) is 0 Å². The molecular formula is C15H22N2O3S. The molecule has 3 rings (SSSR count). The minimum absolute atomic E-state index is 0.200. The van der Waals surface area contributed by atoms with Gasteiger partial charge in [-0.3, -0.25) is 0 Å². The molecule has 0 atom stereocenters. The molecule has 116 valence electrons. The zero-order valence-corrected chi connectivity index (χ0v) is 13.2. The molecule has 5 nitrogen and oxygen atoms in total. The van der Waals surface area contributed by atoms with Crippen LogP contribution in [0.25, 0.3) is 0 Å². The Kier molecular flexibility index (Phi) is 4.19. The molecule has 2 aliphatic heterocycles. The van der Waals surface area contributed by atoms with Crippen LogP contribution in [0.2, 0.25) is 0 Å². The van der Waals surface area contributed by atoms with Gasteiger partial charge in [-0.2, -0.15) is 4.31 Å². The second-order valence-electron chi connectivity index (χ2n) is 5.55. The summed E-state index contributed by atoms with van der Waals surface area (Å²) < 4.78 is 32.6. The molecular weight excluding hydrogens is 288 g/mol. The Balaban J connectivity index is 1.75. The Morgan fingerprint density at radius 1 is 1.33 bits per heavy atom. The van der Waals surface area contributed by atoms with Crippen molar-refractivity contribution in [1.29, 1.82) is 0 Å². The first-order valence-corrected chi connectivity index (χ1v) is 9.04. The number of anilines is 1. The predicted octanol–water partition coefficient (Wildman–Crippen LogP) is 1.84. The van der Waals surface area contributed by atoms with Crippen LogP contribution < -0.4 is 5.32 Å². The lowest BCUT2D eigenvalue weighted by Gasteiger charge is -2.31. The maximum absolute atomic E-state index is 12.7. The van der Waals surface area contributed by atoms with Crippen LogP contribution in [0.15, 0.2) is 23.1 Å². The topological polar surface area (TPSA) is 58.6 Å². The summed E-state index contributed by atoms with van der Waals surface area (Å²) in [6, 6.07) is 5.41. The van der Waals surface area contributed by atoms with Gasteiger partial charge < -0.3 is 10.1 Å². The van der Waals surface area contributed by atoms with Crippen LogP contribution in [0.3, 0.4) is 0 Å². The molecule has 0 radical (unpaired) electrons. The van der Waals surface area contributed by atoms with Gasteiger partial charge in [0.25, 0.3) is 0 Å². The highest BCUT2D eigenvalue weighted by molar-refractivity contribution is 7.89. The molecule has 2 aliphatic rings. The summed E-state index contributed by atoms with van der Waals surface area (Å²) in [6.45, 7) is 4.64. The number of nitrogens with one attached hydrogen (secondary N) is 1. The summed E-state index contributed by atoms with van der Waals surface area (Å²) in [6.07, 6.45) is 2.65. The van der Waals surface area contributed by atoms with Crippen LogP contribution in [-0.4, -0.2) is 45.1 Å². The zero-order valence-electron chi connectivity index (χ0n) is 12.3. The third kappa shape index (κ3) is 2.93. The van der Waals surface area contributed by atoms with Crippen LogP contribution in [0.1, 0.15) is 25.3 Å². The number of sulfonamides is 1. The summed E-state index contributed by atoms with van der Waals surface area (Å²) >= 11 is 0. The number of fused-ring (bicyclic) bond motifs is 1. The second-order valence-corrected chi connectivity index (χ2v) is 7.49. The lowest BCUT2D eigenvalue weighted by Crippen LogP contribution is -2.40. The number of nitrogens with zero attached hydrogens (tertiary/aromatic N) is 1. The largest absolute Gasteiger partial charge is 0.384 e. The Morgan fingerprint density at radius 2 is 2.10 bits per heavy atom. The van der Waals surface area contributed by atoms with E-state index in [9.17, 15) is 8.42 Å². The van der Waals surface area contributed by atoms with Crippen LogP contribution in [0.4, 0.5) is 5.69 Å². The number of rotatable bonds is 4. The fraction of sp³-hybridized carbons (Fsp3) is 0.600. The van der Waals surface area contributed by atoms with E-state index in [2.05, 4.69) is 5.32 Å². The quantitative estimate of drug-likeness (QED) is 0.922. The van der Waals surface area contributed by atoms with Gasteiger partial charge in [0.05, 0.1) is 11.0 Å². The molecule has 0 amide bonds. The fourth-order valence-electron chi connectivity index (χ4n) is 3.07. The highest BCUT2D eigenvalue weighted by Crippen LogP contribution is 2.28. The molecule has 21 heavy (non-hydrogen) atoms. The standard InChI is InChI=1S/C15H22N2O3S/c1-2-20-13-6-9-17(10-7-13)21(18,19)14-3-4-15-12(11-14)5-8-16-15/h3-4,11,13,16H,2,5-10H2,1H3. The smallest absolute Gasteiger partial charge is 0.243 e. The van der Waals surface area contributed by atoms with Gasteiger partial charge in [-0.25, -0.2) is 8.42 Å². The summed E-state index contributed by atoms with van der Waals surface area (Å²) in [7, 11) is -3.37. The van der Waals surface area contributed by atoms with Crippen LogP contribution in [-0.2, 0) is 21.2 Å². The minimum Gasteiger partial charge on any atom is -0.384 e. The SMILES string of the molecule is CCOC1CCN(S(=O)(=O)c2ccc3c(c2)CCN3)CC1. The van der Waals surface area contributed by atoms with Gasteiger partial charge in [0, 0.05) is 31.9 Å². The van der Waals surface area contributed by atoms with E-state index in [0.717, 1.165) is 37.1 Å². The van der Waals surface area contributed by atoms with E-state index in [-0.39, 0.29) is 6.10 Å². The first kappa shape index (κ1) is 14.8. The molecule has 0 spiro atoms. The number of hydrogen-bond donors (Lipinski definition) is 1. The van der Waals surface area contributed by atoms with E-state index in [1.807, 2.05) is 19.1 Å². The fourth-order valence-corrected chi connectivity index (χ4v) is 4.59. The maximum Gasteiger partial charge on any atom is 0.243 e. The molecule has 0 saturated carbocycles. The van der Waals surface area contributed by atoms with E-state index < -0.39 is 10.0 Å². The van der Waals surface area contributed by atoms with Crippen LogP contribution in [0, 0.1) is 0 Å². The zero-order chi connectivity index (χ0) is 14.9. The van der Waals surface area contributed by atoms with Crippen molar-refractivity contribution in [3.05, 3.63) is 23.8 Å². The molecule has 0 bridgehead atoms. The minimum atomic E-state index is -3.37. The molecule has 2 heterocycles. The van der Waals surface area contributed by atoms with Gasteiger partial charge in [0.2, 0.25) is 10.0 Å². The third-order valence-corrected chi connectivity index (χ3v) is 6.12. The van der Waals surface area contributed by atoms with Crippen molar-refractivity contribution in [2.45, 2.75) is 37.2 Å². The molecule has 0 unspecified atom stereocenters. The molecule has 6 heteroatoms. The van der Waals surface area contributed by atoms with Crippen molar-refractivity contribution < 1.29 is 13.2 Å². The number of benzene rings is 1. The Labute approximate surface area is 126 Å². The number of piperidine rings is 1. The van der Waals surface area contributed by atoms with Crippen LogP contribution in [0.5, 0.6) is 0 Å². The van der Waals surface area contributed by atoms with E-state index >= 15 is 0 Å². The molecule has 1 N–H and O–H groups in total. The lowest BCUT2D eigenvalue weighted by atomic mass is 10.1. The van der Waals surface area contributed by atoms with Crippen molar-refractivity contribution >= 4 is 15.7 Å². The monoisotopic (exact) mass is 310 g/mol. The Bertz CT molecular complexity index is 607. The third-order valence-electron chi connectivity index (χ3n) is 4.23. The average molecular weight is 310 g/mol. The predicted molar refractivity (Wildman–Crippen MR) is 82.0 cm³/mol. The summed E-state index contributed by atoms with van der Waals surface area (Å²) in [5.41, 5.74) is 2.16. The highest BCUT2D eigenvalue weighted by atomic mass is 32.2. The summed E-state index contributed by atoms with van der Waals surface area (Å²) in [4.78, 5) is 0.416. The van der Waals surface area contributed by atoms with E-state index in [4.69, 9.17) is 4.74 Å². The average Bonchev–Trinajstić information content (AvgIpc) is 2.95. The van der Waals surface area contributed by atoms with E-state index in [1.54, 1.807) is 10.4 Å². The normalized spacial score (nSPS) is 20.2. The summed E-state index contributed by atoms with van der Waals surface area (Å²) in [5, 5.41) is 3.25. The second kappa shape index (κ2) is 5.94. The van der Waals surface area contributed by atoms with Gasteiger partial charge in [-0.1, -0.05) is 0 Å². The number of hydrogen-bond acceptors (Lipinski definition) is 4. The van der Waals surface area contributed by atoms with Crippen molar-refractivity contribution in [1.82, 2.24) is 4.31 Å². The van der Waals surface area contributed by atoms with E-state index in [1.165, 1.54) is 0 Å². The molecule has 1 aromatic carbocycles. The number of ether oxygens (including phenoxy) is 1. The first-order valence-electron chi connectivity index (χ1n) is 7.60. The van der Waals surface area contributed by atoms with Gasteiger partial charge in [0.1, 0.15) is 0 Å². The molecule has 0 aromatic heterocycles. The van der Waals surface area contributed by atoms with Crippen molar-refractivity contribution in [2.75, 3.05) is 31.6 Å². The Hall–Kier alpha value is -1.11. The van der Waals surface area contributed by atoms with Crippen molar-refractivity contribution in [3.8, 4) is 0 Å². The van der Waals surface area contributed by atoms with Gasteiger partial charge in [-0.05, 0) is 49.9 Å². The summed E-state index contributed by atoms with van der Waals surface area (Å²) in [5.74, 6) is 0. The van der Waals surface area contributed by atoms with Gasteiger partial charge >= 0.3 is 0 Å². The first-order chi connectivity index (χ1) is 10.1. The molecule has 1 aromatic rings.